The SMILES string of the molecule is [C-]#[N+]c1c(C)ccc2c1N(C(C)C)C(=O)C2. The van der Waals surface area contributed by atoms with E-state index in [1.807, 2.05) is 32.9 Å². The van der Waals surface area contributed by atoms with Crippen molar-refractivity contribution in [2.75, 3.05) is 4.90 Å². The summed E-state index contributed by atoms with van der Waals surface area (Å²) in [5.74, 6) is 0.0977. The van der Waals surface area contributed by atoms with Crippen LogP contribution in [-0.2, 0) is 11.2 Å². The van der Waals surface area contributed by atoms with Crippen LogP contribution in [0.2, 0.25) is 0 Å². The van der Waals surface area contributed by atoms with Gasteiger partial charge in [0.2, 0.25) is 11.6 Å². The van der Waals surface area contributed by atoms with Gasteiger partial charge in [0.05, 0.1) is 18.7 Å². The summed E-state index contributed by atoms with van der Waals surface area (Å²) in [5, 5.41) is 0. The molecule has 1 aromatic rings. The highest BCUT2D eigenvalue weighted by atomic mass is 16.2. The monoisotopic (exact) mass is 214 g/mol. The molecule has 16 heavy (non-hydrogen) atoms. The number of hydrogen-bond acceptors (Lipinski definition) is 1. The van der Waals surface area contributed by atoms with Gasteiger partial charge in [0, 0.05) is 6.04 Å². The molecule has 1 heterocycles. The van der Waals surface area contributed by atoms with E-state index in [2.05, 4.69) is 4.85 Å². The molecule has 1 aliphatic heterocycles. The second-order valence-corrected chi connectivity index (χ2v) is 4.38. The molecule has 0 aromatic heterocycles. The van der Waals surface area contributed by atoms with E-state index >= 15 is 0 Å². The molecular formula is C13H14N2O. The first-order valence-electron chi connectivity index (χ1n) is 5.38. The summed E-state index contributed by atoms with van der Waals surface area (Å²) in [4.78, 5) is 17.2. The Kier molecular flexibility index (Phi) is 2.43. The number of hydrogen-bond donors (Lipinski definition) is 0. The lowest BCUT2D eigenvalue weighted by molar-refractivity contribution is -0.117. The van der Waals surface area contributed by atoms with Crippen LogP contribution in [0, 0.1) is 13.5 Å². The van der Waals surface area contributed by atoms with Crippen LogP contribution in [-0.4, -0.2) is 11.9 Å². The van der Waals surface area contributed by atoms with Crippen molar-refractivity contribution in [2.24, 2.45) is 0 Å². The minimum absolute atomic E-state index is 0.0977. The van der Waals surface area contributed by atoms with Crippen LogP contribution in [0.25, 0.3) is 4.85 Å². The molecule has 1 aliphatic rings. The van der Waals surface area contributed by atoms with Crippen molar-refractivity contribution in [3.05, 3.63) is 34.7 Å². The Bertz CT molecular complexity index is 497. The first-order valence-corrected chi connectivity index (χ1v) is 5.38. The molecule has 0 aliphatic carbocycles. The van der Waals surface area contributed by atoms with Crippen LogP contribution in [0.15, 0.2) is 12.1 Å². The van der Waals surface area contributed by atoms with Crippen molar-refractivity contribution in [1.29, 1.82) is 0 Å². The van der Waals surface area contributed by atoms with Gasteiger partial charge in [0.15, 0.2) is 0 Å². The second-order valence-electron chi connectivity index (χ2n) is 4.38. The number of amides is 1. The fraction of sp³-hybridized carbons (Fsp3) is 0.385. The number of aryl methyl sites for hydroxylation is 1. The van der Waals surface area contributed by atoms with E-state index in [9.17, 15) is 4.79 Å². The largest absolute Gasteiger partial charge is 0.319 e. The Hall–Kier alpha value is -1.82. The van der Waals surface area contributed by atoms with Gasteiger partial charge in [-0.2, -0.15) is 0 Å². The summed E-state index contributed by atoms with van der Waals surface area (Å²) in [6, 6.07) is 3.99. The van der Waals surface area contributed by atoms with Gasteiger partial charge in [0.25, 0.3) is 0 Å². The highest BCUT2D eigenvalue weighted by Crippen LogP contribution is 2.41. The fourth-order valence-corrected chi connectivity index (χ4v) is 2.19. The normalized spacial score (nSPS) is 14.2. The Morgan fingerprint density at radius 1 is 1.44 bits per heavy atom. The third kappa shape index (κ3) is 1.38. The van der Waals surface area contributed by atoms with E-state index in [0.29, 0.717) is 12.1 Å². The van der Waals surface area contributed by atoms with Crippen molar-refractivity contribution in [1.82, 2.24) is 0 Å². The lowest BCUT2D eigenvalue weighted by Gasteiger charge is -2.23. The van der Waals surface area contributed by atoms with E-state index in [1.54, 1.807) is 4.90 Å². The van der Waals surface area contributed by atoms with Gasteiger partial charge in [-0.05, 0) is 31.9 Å². The zero-order chi connectivity index (χ0) is 11.9. The minimum Gasteiger partial charge on any atom is -0.319 e. The van der Waals surface area contributed by atoms with E-state index < -0.39 is 0 Å². The Morgan fingerprint density at radius 3 is 2.69 bits per heavy atom. The smallest absolute Gasteiger partial charge is 0.230 e. The van der Waals surface area contributed by atoms with Crippen LogP contribution in [0.3, 0.4) is 0 Å². The molecule has 0 N–H and O–H groups in total. The Labute approximate surface area is 95.5 Å². The molecule has 1 aromatic carbocycles. The molecule has 0 unspecified atom stereocenters. The molecule has 2 rings (SSSR count). The van der Waals surface area contributed by atoms with Crippen LogP contribution >= 0.6 is 0 Å². The predicted molar refractivity (Wildman–Crippen MR) is 63.8 cm³/mol. The summed E-state index contributed by atoms with van der Waals surface area (Å²) < 4.78 is 0. The number of nitrogens with zero attached hydrogens (tertiary/aromatic N) is 2. The summed E-state index contributed by atoms with van der Waals surface area (Å²) in [5.41, 5.74) is 3.37. The Morgan fingerprint density at radius 2 is 2.12 bits per heavy atom. The van der Waals surface area contributed by atoms with Gasteiger partial charge in [-0.3, -0.25) is 4.79 Å². The molecule has 0 spiro atoms. The summed E-state index contributed by atoms with van der Waals surface area (Å²) in [6.45, 7) is 13.1. The fourth-order valence-electron chi connectivity index (χ4n) is 2.19. The topological polar surface area (TPSA) is 24.7 Å². The van der Waals surface area contributed by atoms with E-state index in [1.165, 1.54) is 0 Å². The first kappa shape index (κ1) is 10.7. The lowest BCUT2D eigenvalue weighted by atomic mass is 10.1. The van der Waals surface area contributed by atoms with Crippen molar-refractivity contribution >= 4 is 17.3 Å². The molecule has 0 radical (unpaired) electrons. The van der Waals surface area contributed by atoms with Crippen molar-refractivity contribution in [3.63, 3.8) is 0 Å². The number of carbonyl (C=O) groups excluding carboxylic acids is 1. The van der Waals surface area contributed by atoms with Crippen LogP contribution in [0.4, 0.5) is 11.4 Å². The third-order valence-corrected chi connectivity index (χ3v) is 2.92. The number of carbonyl (C=O) groups is 1. The number of anilines is 1. The van der Waals surface area contributed by atoms with Gasteiger partial charge in [-0.15, -0.1) is 0 Å². The maximum atomic E-state index is 11.9. The highest BCUT2D eigenvalue weighted by Gasteiger charge is 2.31. The maximum absolute atomic E-state index is 11.9. The van der Waals surface area contributed by atoms with Gasteiger partial charge in [-0.25, -0.2) is 4.85 Å². The minimum atomic E-state index is 0.0977. The number of rotatable bonds is 1. The highest BCUT2D eigenvalue weighted by molar-refractivity contribution is 6.06. The molecule has 0 saturated heterocycles. The quantitative estimate of drug-likeness (QED) is 0.660. The van der Waals surface area contributed by atoms with Crippen LogP contribution < -0.4 is 4.90 Å². The van der Waals surface area contributed by atoms with Gasteiger partial charge in [0.1, 0.15) is 0 Å². The average molecular weight is 214 g/mol. The molecule has 0 bridgehead atoms. The summed E-state index contributed by atoms with van der Waals surface area (Å²) in [7, 11) is 0. The molecular weight excluding hydrogens is 200 g/mol. The van der Waals surface area contributed by atoms with Crippen molar-refractivity contribution in [3.8, 4) is 0 Å². The van der Waals surface area contributed by atoms with Gasteiger partial charge < -0.3 is 4.90 Å². The predicted octanol–water partition coefficient (Wildman–Crippen LogP) is 2.84. The van der Waals surface area contributed by atoms with E-state index in [0.717, 1.165) is 16.8 Å². The molecule has 0 saturated carbocycles. The van der Waals surface area contributed by atoms with Crippen molar-refractivity contribution < 1.29 is 4.79 Å². The molecule has 0 atom stereocenters. The Balaban J connectivity index is 2.68. The molecule has 82 valence electrons. The van der Waals surface area contributed by atoms with Crippen molar-refractivity contribution in [2.45, 2.75) is 33.2 Å². The lowest BCUT2D eigenvalue weighted by Crippen LogP contribution is -2.33. The zero-order valence-electron chi connectivity index (χ0n) is 9.74. The molecule has 1 amide bonds. The summed E-state index contributed by atoms with van der Waals surface area (Å²) in [6.07, 6.45) is 0.427. The standard InChI is InChI=1S/C13H14N2O/c1-8(2)15-11(16)7-10-6-5-9(3)12(14-4)13(10)15/h5-6,8H,7H2,1-3H3. The maximum Gasteiger partial charge on any atom is 0.230 e. The van der Waals surface area contributed by atoms with Gasteiger partial charge in [-0.1, -0.05) is 12.1 Å². The number of fused-ring (bicyclic) bond motifs is 1. The number of benzene rings is 1. The van der Waals surface area contributed by atoms with Crippen LogP contribution in [0.5, 0.6) is 0 Å². The molecule has 0 fully saturated rings. The second kappa shape index (κ2) is 3.64. The molecule has 3 nitrogen and oxygen atoms in total. The average Bonchev–Trinajstić information content (AvgIpc) is 2.54. The van der Waals surface area contributed by atoms with E-state index in [-0.39, 0.29) is 11.9 Å². The zero-order valence-corrected chi connectivity index (χ0v) is 9.74. The molecule has 3 heteroatoms. The van der Waals surface area contributed by atoms with Gasteiger partial charge >= 0.3 is 0 Å². The summed E-state index contributed by atoms with van der Waals surface area (Å²) >= 11 is 0. The van der Waals surface area contributed by atoms with E-state index in [4.69, 9.17) is 6.57 Å². The first-order chi connectivity index (χ1) is 7.56. The van der Waals surface area contributed by atoms with Crippen LogP contribution in [0.1, 0.15) is 25.0 Å². The third-order valence-electron chi connectivity index (χ3n) is 2.92.